The molecule has 0 amide bonds. The van der Waals surface area contributed by atoms with Crippen LogP contribution in [0.2, 0.25) is 5.02 Å². The van der Waals surface area contributed by atoms with Crippen LogP contribution in [0.3, 0.4) is 0 Å². The highest BCUT2D eigenvalue weighted by molar-refractivity contribution is 6.31. The molecule has 0 fully saturated rings. The van der Waals surface area contributed by atoms with E-state index in [1.807, 2.05) is 30.5 Å². The first-order chi connectivity index (χ1) is 17.2. The number of aromatic nitrogens is 1. The number of hydrogen-bond acceptors (Lipinski definition) is 4. The second-order valence-electron chi connectivity index (χ2n) is 9.37. The van der Waals surface area contributed by atoms with Crippen molar-refractivity contribution in [1.29, 1.82) is 0 Å². The van der Waals surface area contributed by atoms with Crippen molar-refractivity contribution in [1.82, 2.24) is 9.88 Å². The van der Waals surface area contributed by atoms with Gasteiger partial charge in [-0.1, -0.05) is 48.0 Å². The number of nitrogens with one attached hydrogen (secondary N) is 1. The number of pyridine rings is 1. The Hall–Kier alpha value is -3.08. The monoisotopic (exact) mass is 484 g/mol. The first-order valence-corrected chi connectivity index (χ1v) is 13.0. The highest BCUT2D eigenvalue weighted by Gasteiger charge is 2.19. The smallest absolute Gasteiger partial charge is 0.0737 e. The van der Waals surface area contributed by atoms with E-state index in [9.17, 15) is 0 Å². The molecule has 1 N–H and O–H groups in total. The minimum absolute atomic E-state index is 0.718. The van der Waals surface area contributed by atoms with Crippen LogP contribution >= 0.6 is 11.6 Å². The number of para-hydroxylation sites is 2. The maximum atomic E-state index is 6.11. The molecule has 2 heterocycles. The third kappa shape index (κ3) is 5.61. The lowest BCUT2D eigenvalue weighted by Gasteiger charge is -2.28. The van der Waals surface area contributed by atoms with E-state index in [1.165, 1.54) is 22.5 Å². The van der Waals surface area contributed by atoms with Crippen molar-refractivity contribution in [3.8, 4) is 0 Å². The molecule has 0 saturated carbocycles. The fourth-order valence-electron chi connectivity index (χ4n) is 5.07. The summed E-state index contributed by atoms with van der Waals surface area (Å²) in [7, 11) is 2.23. The van der Waals surface area contributed by atoms with Crippen LogP contribution < -0.4 is 10.2 Å². The number of nitrogens with zero attached hydrogens (tertiary/aromatic N) is 3. The molecule has 0 radical (unpaired) electrons. The molecule has 180 valence electrons. The van der Waals surface area contributed by atoms with Gasteiger partial charge in [-0.2, -0.15) is 0 Å². The van der Waals surface area contributed by atoms with E-state index < -0.39 is 0 Å². The Labute approximate surface area is 213 Å². The molecular weight excluding hydrogens is 452 g/mol. The predicted molar refractivity (Wildman–Crippen MR) is 149 cm³/mol. The molecule has 1 aliphatic heterocycles. The van der Waals surface area contributed by atoms with E-state index >= 15 is 0 Å². The van der Waals surface area contributed by atoms with E-state index in [1.54, 1.807) is 0 Å². The molecule has 4 nitrogen and oxygen atoms in total. The van der Waals surface area contributed by atoms with Gasteiger partial charge < -0.3 is 15.1 Å². The number of aryl methyl sites for hydroxylation is 2. The fourth-order valence-corrected chi connectivity index (χ4v) is 5.24. The van der Waals surface area contributed by atoms with Gasteiger partial charge in [-0.15, -0.1) is 0 Å². The molecule has 3 aromatic carbocycles. The normalized spacial score (nSPS) is 12.9. The third-order valence-corrected chi connectivity index (χ3v) is 7.12. The second kappa shape index (κ2) is 11.1. The van der Waals surface area contributed by atoms with Crippen molar-refractivity contribution < 1.29 is 0 Å². The Morgan fingerprint density at radius 3 is 2.31 bits per heavy atom. The lowest BCUT2D eigenvalue weighted by molar-refractivity contribution is 0.330. The van der Waals surface area contributed by atoms with E-state index in [2.05, 4.69) is 75.7 Å². The summed E-state index contributed by atoms with van der Waals surface area (Å²) in [5.74, 6) is 0. The Balaban J connectivity index is 1.13. The zero-order valence-corrected chi connectivity index (χ0v) is 21.1. The summed E-state index contributed by atoms with van der Waals surface area (Å²) >= 11 is 6.11. The van der Waals surface area contributed by atoms with Crippen LogP contribution in [0.4, 0.5) is 17.1 Å². The largest absolute Gasteiger partial charge is 0.384 e. The number of halogens is 1. The number of fused-ring (bicyclic) bond motifs is 3. The molecule has 0 bridgehead atoms. The van der Waals surface area contributed by atoms with Crippen LogP contribution in [0.1, 0.15) is 24.0 Å². The van der Waals surface area contributed by atoms with Gasteiger partial charge in [0.25, 0.3) is 0 Å². The first kappa shape index (κ1) is 23.7. The van der Waals surface area contributed by atoms with Gasteiger partial charge in [0, 0.05) is 46.8 Å². The van der Waals surface area contributed by atoms with Crippen molar-refractivity contribution in [2.45, 2.75) is 25.7 Å². The summed E-state index contributed by atoms with van der Waals surface area (Å²) in [6, 6.07) is 25.7. The lowest BCUT2D eigenvalue weighted by atomic mass is 10.0. The molecule has 0 aliphatic carbocycles. The molecule has 1 aromatic heterocycles. The number of anilines is 3. The molecule has 4 aromatic rings. The lowest BCUT2D eigenvalue weighted by Crippen LogP contribution is -2.27. The fraction of sp³-hybridized carbons (Fsp3) is 0.300. The number of hydrogen-bond donors (Lipinski definition) is 1. The summed E-state index contributed by atoms with van der Waals surface area (Å²) < 4.78 is 0. The Bertz CT molecular complexity index is 1240. The van der Waals surface area contributed by atoms with Gasteiger partial charge >= 0.3 is 0 Å². The van der Waals surface area contributed by atoms with Crippen LogP contribution in [-0.2, 0) is 12.8 Å². The Morgan fingerprint density at radius 1 is 0.886 bits per heavy atom. The van der Waals surface area contributed by atoms with Crippen molar-refractivity contribution in [2.24, 2.45) is 0 Å². The molecule has 5 heteroatoms. The van der Waals surface area contributed by atoms with E-state index in [4.69, 9.17) is 11.6 Å². The van der Waals surface area contributed by atoms with Gasteiger partial charge in [-0.25, -0.2) is 0 Å². The van der Waals surface area contributed by atoms with Crippen LogP contribution in [0.5, 0.6) is 0 Å². The van der Waals surface area contributed by atoms with Gasteiger partial charge in [-0.3, -0.25) is 4.98 Å². The van der Waals surface area contributed by atoms with E-state index in [0.717, 1.165) is 73.5 Å². The van der Waals surface area contributed by atoms with Crippen LogP contribution in [-0.4, -0.2) is 43.1 Å². The van der Waals surface area contributed by atoms with Crippen molar-refractivity contribution >= 4 is 39.6 Å². The number of rotatable bonds is 9. The predicted octanol–water partition coefficient (Wildman–Crippen LogP) is 6.95. The van der Waals surface area contributed by atoms with Gasteiger partial charge in [0.1, 0.15) is 0 Å². The molecule has 35 heavy (non-hydrogen) atoms. The number of benzene rings is 3. The van der Waals surface area contributed by atoms with Gasteiger partial charge in [-0.05, 0) is 93.3 Å². The van der Waals surface area contributed by atoms with Crippen molar-refractivity contribution in [3.63, 3.8) is 0 Å². The Kier molecular flexibility index (Phi) is 7.51. The van der Waals surface area contributed by atoms with Gasteiger partial charge in [0.15, 0.2) is 0 Å². The van der Waals surface area contributed by atoms with Crippen molar-refractivity contribution in [2.75, 3.05) is 43.4 Å². The van der Waals surface area contributed by atoms with Crippen LogP contribution in [0.25, 0.3) is 10.9 Å². The molecule has 5 rings (SSSR count). The SMILES string of the molecule is CN(CCCNc1ccnc2cc(Cl)ccc12)CCCN1c2ccccc2CCc2ccccc21. The Morgan fingerprint density at radius 2 is 1.57 bits per heavy atom. The van der Waals surface area contributed by atoms with E-state index in [-0.39, 0.29) is 0 Å². The van der Waals surface area contributed by atoms with E-state index in [0.29, 0.717) is 0 Å². The zero-order valence-electron chi connectivity index (χ0n) is 20.4. The molecule has 0 spiro atoms. The van der Waals surface area contributed by atoms with Gasteiger partial charge in [0.2, 0.25) is 0 Å². The standard InChI is InChI=1S/C30H33ClN4/c1-34(19-6-17-32-27-16-18-33-28-22-25(31)14-15-26(27)28)20-7-21-35-29-10-4-2-8-23(29)12-13-24-9-3-5-11-30(24)35/h2-5,8-11,14-16,18,22H,6-7,12-13,17,19-21H2,1H3,(H,32,33). The third-order valence-electron chi connectivity index (χ3n) is 6.89. The van der Waals surface area contributed by atoms with Crippen LogP contribution in [0.15, 0.2) is 79.0 Å². The molecule has 1 aliphatic rings. The van der Waals surface area contributed by atoms with Crippen molar-refractivity contribution in [3.05, 3.63) is 95.1 Å². The summed E-state index contributed by atoms with van der Waals surface area (Å²) in [5.41, 5.74) is 7.69. The quantitative estimate of drug-likeness (QED) is 0.260. The average Bonchev–Trinajstić information content (AvgIpc) is 3.04. The maximum Gasteiger partial charge on any atom is 0.0737 e. The minimum atomic E-state index is 0.718. The minimum Gasteiger partial charge on any atom is -0.384 e. The van der Waals surface area contributed by atoms with Crippen LogP contribution in [0, 0.1) is 0 Å². The first-order valence-electron chi connectivity index (χ1n) is 12.6. The molecule has 0 atom stereocenters. The zero-order chi connectivity index (χ0) is 24.0. The average molecular weight is 485 g/mol. The maximum absolute atomic E-state index is 6.11. The summed E-state index contributed by atoms with van der Waals surface area (Å²) in [5, 5.41) is 5.41. The molecule has 0 unspecified atom stereocenters. The summed E-state index contributed by atoms with van der Waals surface area (Å²) in [6.07, 6.45) is 6.27. The molecular formula is C30H33ClN4. The second-order valence-corrected chi connectivity index (χ2v) is 9.80. The highest BCUT2D eigenvalue weighted by atomic mass is 35.5. The molecule has 0 saturated heterocycles. The van der Waals surface area contributed by atoms with Gasteiger partial charge in [0.05, 0.1) is 5.52 Å². The summed E-state index contributed by atoms with van der Waals surface area (Å²) in [4.78, 5) is 9.41. The topological polar surface area (TPSA) is 31.4 Å². The highest BCUT2D eigenvalue weighted by Crippen LogP contribution is 2.35. The summed E-state index contributed by atoms with van der Waals surface area (Å²) in [6.45, 7) is 4.10.